The number of anilines is 1. The largest absolute Gasteiger partial charge is 0.355 e. The van der Waals surface area contributed by atoms with E-state index in [9.17, 15) is 10.1 Å². The highest BCUT2D eigenvalue weighted by Crippen LogP contribution is 2.26. The standard InChI is InChI=1S/C16H23N5OS/c1-16(2,3)20-14(22)11-6-5-7-21(10-11)13-12(8-17)9-18-15(19-13)23-4/h9,11H,5-7,10H2,1-4H3,(H,20,22). The molecule has 1 aromatic heterocycles. The number of thioether (sulfide) groups is 1. The molecule has 0 saturated carbocycles. The second-order valence-corrected chi connectivity index (χ2v) is 7.50. The Balaban J connectivity index is 2.18. The van der Waals surface area contributed by atoms with Crippen LogP contribution in [0.4, 0.5) is 5.82 Å². The normalized spacial score (nSPS) is 18.4. The molecule has 0 radical (unpaired) electrons. The Morgan fingerprint density at radius 1 is 1.52 bits per heavy atom. The predicted molar refractivity (Wildman–Crippen MR) is 91.4 cm³/mol. The van der Waals surface area contributed by atoms with Crippen molar-refractivity contribution in [2.45, 2.75) is 44.3 Å². The minimum atomic E-state index is -0.238. The van der Waals surface area contributed by atoms with Gasteiger partial charge in [-0.25, -0.2) is 9.97 Å². The summed E-state index contributed by atoms with van der Waals surface area (Å²) in [4.78, 5) is 23.1. The maximum Gasteiger partial charge on any atom is 0.225 e. The summed E-state index contributed by atoms with van der Waals surface area (Å²) in [5.74, 6) is 0.627. The number of carbonyl (C=O) groups is 1. The maximum absolute atomic E-state index is 12.4. The molecule has 0 aliphatic carbocycles. The number of piperidine rings is 1. The highest BCUT2D eigenvalue weighted by Gasteiger charge is 2.29. The fourth-order valence-corrected chi connectivity index (χ4v) is 2.97. The Morgan fingerprint density at radius 3 is 2.87 bits per heavy atom. The van der Waals surface area contributed by atoms with E-state index in [2.05, 4.69) is 21.4 Å². The van der Waals surface area contributed by atoms with Gasteiger partial charge in [0.05, 0.1) is 12.1 Å². The number of nitrogens with zero attached hydrogens (tertiary/aromatic N) is 4. The van der Waals surface area contributed by atoms with Gasteiger partial charge in [0.2, 0.25) is 5.91 Å². The first-order valence-corrected chi connectivity index (χ1v) is 8.94. The van der Waals surface area contributed by atoms with Gasteiger partial charge in [-0.05, 0) is 39.9 Å². The summed E-state index contributed by atoms with van der Waals surface area (Å²) in [5.41, 5.74) is 0.220. The van der Waals surface area contributed by atoms with Crippen molar-refractivity contribution >= 4 is 23.5 Å². The zero-order chi connectivity index (χ0) is 17.0. The summed E-state index contributed by atoms with van der Waals surface area (Å²) in [7, 11) is 0. The Kier molecular flexibility index (Phi) is 5.47. The van der Waals surface area contributed by atoms with Crippen LogP contribution in [0.3, 0.4) is 0 Å². The lowest BCUT2D eigenvalue weighted by molar-refractivity contribution is -0.126. The quantitative estimate of drug-likeness (QED) is 0.674. The number of amides is 1. The number of nitriles is 1. The molecule has 1 aliphatic rings. The van der Waals surface area contributed by atoms with E-state index in [0.717, 1.165) is 19.4 Å². The molecule has 124 valence electrons. The zero-order valence-electron chi connectivity index (χ0n) is 14.1. The van der Waals surface area contributed by atoms with Gasteiger partial charge in [0.15, 0.2) is 11.0 Å². The maximum atomic E-state index is 12.4. The molecule has 2 heterocycles. The lowest BCUT2D eigenvalue weighted by Crippen LogP contribution is -2.49. The van der Waals surface area contributed by atoms with Crippen molar-refractivity contribution in [2.24, 2.45) is 5.92 Å². The minimum absolute atomic E-state index is 0.0693. The Labute approximate surface area is 141 Å². The van der Waals surface area contributed by atoms with Crippen molar-refractivity contribution in [1.29, 1.82) is 5.26 Å². The van der Waals surface area contributed by atoms with Crippen LogP contribution in [0.2, 0.25) is 0 Å². The van der Waals surface area contributed by atoms with Crippen molar-refractivity contribution in [3.8, 4) is 6.07 Å². The summed E-state index contributed by atoms with van der Waals surface area (Å²) < 4.78 is 0. The molecule has 0 bridgehead atoms. The molecule has 1 saturated heterocycles. The summed E-state index contributed by atoms with van der Waals surface area (Å²) >= 11 is 1.44. The van der Waals surface area contributed by atoms with Crippen LogP contribution in [0.5, 0.6) is 0 Å². The van der Waals surface area contributed by atoms with E-state index in [1.807, 2.05) is 31.9 Å². The van der Waals surface area contributed by atoms with Crippen LogP contribution in [-0.2, 0) is 4.79 Å². The molecule has 1 aromatic rings. The SMILES string of the molecule is CSc1ncc(C#N)c(N2CCCC(C(=O)NC(C)(C)C)C2)n1. The first kappa shape index (κ1) is 17.5. The second-order valence-electron chi connectivity index (χ2n) is 6.73. The van der Waals surface area contributed by atoms with Gasteiger partial charge in [-0.15, -0.1) is 0 Å². The van der Waals surface area contributed by atoms with E-state index in [0.29, 0.717) is 23.1 Å². The number of rotatable bonds is 3. The van der Waals surface area contributed by atoms with Crippen LogP contribution in [0, 0.1) is 17.2 Å². The van der Waals surface area contributed by atoms with Crippen LogP contribution in [-0.4, -0.2) is 40.8 Å². The smallest absolute Gasteiger partial charge is 0.225 e. The number of nitrogens with one attached hydrogen (secondary N) is 1. The minimum Gasteiger partial charge on any atom is -0.355 e. The molecular weight excluding hydrogens is 310 g/mol. The number of carbonyl (C=O) groups excluding carboxylic acids is 1. The molecular formula is C16H23N5OS. The predicted octanol–water partition coefficient (Wildman–Crippen LogP) is 2.20. The van der Waals surface area contributed by atoms with Crippen LogP contribution in [0.15, 0.2) is 11.4 Å². The molecule has 1 amide bonds. The summed E-state index contributed by atoms with van der Waals surface area (Å²) in [6.07, 6.45) is 5.24. The molecule has 0 spiro atoms. The zero-order valence-corrected chi connectivity index (χ0v) is 14.9. The van der Waals surface area contributed by atoms with Crippen LogP contribution < -0.4 is 10.2 Å². The molecule has 0 aromatic carbocycles. The van der Waals surface area contributed by atoms with Gasteiger partial charge in [-0.2, -0.15) is 5.26 Å². The van der Waals surface area contributed by atoms with Gasteiger partial charge >= 0.3 is 0 Å². The Bertz CT molecular complexity index is 620. The van der Waals surface area contributed by atoms with E-state index in [1.165, 1.54) is 11.8 Å². The van der Waals surface area contributed by atoms with Crippen molar-refractivity contribution < 1.29 is 4.79 Å². The first-order valence-electron chi connectivity index (χ1n) is 7.72. The van der Waals surface area contributed by atoms with Gasteiger partial charge in [-0.1, -0.05) is 11.8 Å². The molecule has 1 fully saturated rings. The third kappa shape index (κ3) is 4.58. The van der Waals surface area contributed by atoms with E-state index >= 15 is 0 Å². The summed E-state index contributed by atoms with van der Waals surface area (Å²) in [5, 5.41) is 13.0. The highest BCUT2D eigenvalue weighted by atomic mass is 32.2. The molecule has 1 N–H and O–H groups in total. The summed E-state index contributed by atoms with van der Waals surface area (Å²) in [6.45, 7) is 7.33. The lowest BCUT2D eigenvalue weighted by atomic mass is 9.95. The van der Waals surface area contributed by atoms with Crippen molar-refractivity contribution in [1.82, 2.24) is 15.3 Å². The lowest BCUT2D eigenvalue weighted by Gasteiger charge is -2.34. The average Bonchev–Trinajstić information content (AvgIpc) is 2.52. The molecule has 23 heavy (non-hydrogen) atoms. The fraction of sp³-hybridized carbons (Fsp3) is 0.625. The van der Waals surface area contributed by atoms with E-state index in [4.69, 9.17) is 0 Å². The topological polar surface area (TPSA) is 81.9 Å². The molecule has 7 heteroatoms. The van der Waals surface area contributed by atoms with Gasteiger partial charge in [-0.3, -0.25) is 4.79 Å². The van der Waals surface area contributed by atoms with Crippen LogP contribution in [0.25, 0.3) is 0 Å². The van der Waals surface area contributed by atoms with Crippen molar-refractivity contribution in [3.05, 3.63) is 11.8 Å². The molecule has 6 nitrogen and oxygen atoms in total. The van der Waals surface area contributed by atoms with Crippen molar-refractivity contribution in [2.75, 3.05) is 24.2 Å². The Morgan fingerprint density at radius 2 is 2.26 bits per heavy atom. The summed E-state index contributed by atoms with van der Waals surface area (Å²) in [6, 6.07) is 2.15. The van der Waals surface area contributed by atoms with Crippen molar-refractivity contribution in [3.63, 3.8) is 0 Å². The number of aromatic nitrogens is 2. The van der Waals surface area contributed by atoms with Gasteiger partial charge in [0, 0.05) is 18.6 Å². The van der Waals surface area contributed by atoms with E-state index < -0.39 is 0 Å². The number of hydrogen-bond acceptors (Lipinski definition) is 6. The van der Waals surface area contributed by atoms with E-state index in [1.54, 1.807) is 6.20 Å². The second kappa shape index (κ2) is 7.18. The molecule has 1 unspecified atom stereocenters. The average molecular weight is 333 g/mol. The third-order valence-corrected chi connectivity index (χ3v) is 4.20. The van der Waals surface area contributed by atoms with Gasteiger partial charge < -0.3 is 10.2 Å². The molecule has 1 aliphatic heterocycles. The van der Waals surface area contributed by atoms with E-state index in [-0.39, 0.29) is 17.4 Å². The van der Waals surface area contributed by atoms with Crippen LogP contribution >= 0.6 is 11.8 Å². The molecule has 1 atom stereocenters. The van der Waals surface area contributed by atoms with Gasteiger partial charge in [0.1, 0.15) is 11.6 Å². The third-order valence-electron chi connectivity index (χ3n) is 3.64. The first-order chi connectivity index (χ1) is 10.8. The molecule has 2 rings (SSSR count). The van der Waals surface area contributed by atoms with Gasteiger partial charge in [0.25, 0.3) is 0 Å². The highest BCUT2D eigenvalue weighted by molar-refractivity contribution is 7.98. The number of hydrogen-bond donors (Lipinski definition) is 1. The Hall–Kier alpha value is -1.81. The fourth-order valence-electron chi connectivity index (χ4n) is 2.63. The van der Waals surface area contributed by atoms with Crippen LogP contribution in [0.1, 0.15) is 39.2 Å². The monoisotopic (exact) mass is 333 g/mol.